The maximum absolute atomic E-state index is 13.8. The second kappa shape index (κ2) is 10.6. The molecule has 1 saturated heterocycles. The third-order valence-corrected chi connectivity index (χ3v) is 8.13. The number of phenols is 1. The van der Waals surface area contributed by atoms with Crippen molar-refractivity contribution >= 4 is 11.9 Å². The number of rotatable bonds is 2. The van der Waals surface area contributed by atoms with Crippen LogP contribution in [-0.2, 0) is 20.7 Å². The lowest BCUT2D eigenvalue weighted by molar-refractivity contribution is -0.182. The third-order valence-electron chi connectivity index (χ3n) is 8.13. The standard InChI is InChI=1S/C29H37NO6/c1-17-6-4-8-21(31)14-15-25(33)36-29-23(9-5-7-17)27(34)19(3)18(2)26(29)24(30-28(29)35)16-20-10-12-22(32)13-11-20/h5,9-15,17-18,21,23-24,26-27,31-32,34H,3-4,6-8,16H2,1-2H3,(H,30,35)/b9-5+,15-14+/t17-,18-,21-,23+,24+,26+,27-,29-/m1/s1. The summed E-state index contributed by atoms with van der Waals surface area (Å²) in [4.78, 5) is 26.8. The van der Waals surface area contributed by atoms with Crippen molar-refractivity contribution in [1.29, 1.82) is 0 Å². The third kappa shape index (κ3) is 5.00. The first-order valence-electron chi connectivity index (χ1n) is 12.8. The molecule has 36 heavy (non-hydrogen) atoms. The summed E-state index contributed by atoms with van der Waals surface area (Å²) in [6.07, 6.45) is 8.04. The molecule has 1 aromatic rings. The van der Waals surface area contributed by atoms with E-state index in [-0.39, 0.29) is 17.7 Å². The van der Waals surface area contributed by atoms with Crippen molar-refractivity contribution in [3.63, 3.8) is 0 Å². The summed E-state index contributed by atoms with van der Waals surface area (Å²) in [5.41, 5.74) is -0.110. The highest BCUT2D eigenvalue weighted by atomic mass is 16.6. The van der Waals surface area contributed by atoms with Gasteiger partial charge in [-0.15, -0.1) is 0 Å². The molecule has 0 unspecified atom stereocenters. The van der Waals surface area contributed by atoms with Gasteiger partial charge < -0.3 is 25.4 Å². The van der Waals surface area contributed by atoms with E-state index in [9.17, 15) is 24.9 Å². The van der Waals surface area contributed by atoms with Crippen LogP contribution in [0.2, 0.25) is 0 Å². The maximum atomic E-state index is 13.8. The molecule has 194 valence electrons. The van der Waals surface area contributed by atoms with Crippen LogP contribution in [0.5, 0.6) is 5.75 Å². The monoisotopic (exact) mass is 495 g/mol. The van der Waals surface area contributed by atoms with E-state index in [1.54, 1.807) is 24.3 Å². The maximum Gasteiger partial charge on any atom is 0.331 e. The van der Waals surface area contributed by atoms with Crippen molar-refractivity contribution in [3.8, 4) is 5.75 Å². The molecule has 0 aromatic heterocycles. The lowest BCUT2D eigenvalue weighted by atomic mass is 9.59. The molecule has 2 heterocycles. The topological polar surface area (TPSA) is 116 Å². The fraction of sp³-hybridized carbons (Fsp3) is 0.517. The molecule has 2 aliphatic heterocycles. The van der Waals surface area contributed by atoms with Crippen molar-refractivity contribution in [2.45, 2.75) is 69.8 Å². The van der Waals surface area contributed by atoms with Crippen LogP contribution in [-0.4, -0.2) is 51.0 Å². The minimum Gasteiger partial charge on any atom is -0.508 e. The first-order chi connectivity index (χ1) is 17.1. The lowest BCUT2D eigenvalue weighted by Gasteiger charge is -2.49. The number of ether oxygens (including phenoxy) is 1. The Hall–Kier alpha value is -2.90. The van der Waals surface area contributed by atoms with Gasteiger partial charge in [0.05, 0.1) is 18.1 Å². The number of phenolic OH excluding ortho intramolecular Hbond substituents is 1. The molecule has 1 aliphatic carbocycles. The number of benzene rings is 1. The lowest BCUT2D eigenvalue weighted by Crippen LogP contribution is -2.61. The van der Waals surface area contributed by atoms with Crippen LogP contribution in [0, 0.1) is 23.7 Å². The Bertz CT molecular complexity index is 1050. The molecule has 3 aliphatic rings. The zero-order valence-corrected chi connectivity index (χ0v) is 21.0. The molecule has 0 radical (unpaired) electrons. The number of carbonyl (C=O) groups excluding carboxylic acids is 2. The number of aliphatic hydroxyl groups is 2. The number of esters is 1. The fourth-order valence-electron chi connectivity index (χ4n) is 6.11. The van der Waals surface area contributed by atoms with E-state index in [4.69, 9.17) is 4.74 Å². The van der Waals surface area contributed by atoms with Gasteiger partial charge in [-0.25, -0.2) is 4.79 Å². The zero-order chi connectivity index (χ0) is 26.0. The van der Waals surface area contributed by atoms with Gasteiger partial charge in [0, 0.05) is 18.0 Å². The fourth-order valence-corrected chi connectivity index (χ4v) is 6.11. The van der Waals surface area contributed by atoms with E-state index in [0.29, 0.717) is 24.3 Å². The van der Waals surface area contributed by atoms with Gasteiger partial charge in [-0.1, -0.05) is 57.6 Å². The van der Waals surface area contributed by atoms with E-state index in [1.807, 2.05) is 19.1 Å². The van der Waals surface area contributed by atoms with Gasteiger partial charge in [0.15, 0.2) is 0 Å². The van der Waals surface area contributed by atoms with Crippen LogP contribution in [0.3, 0.4) is 0 Å². The second-order valence-corrected chi connectivity index (χ2v) is 10.7. The van der Waals surface area contributed by atoms with Crippen LogP contribution >= 0.6 is 0 Å². The molecule has 1 saturated carbocycles. The van der Waals surface area contributed by atoms with E-state index in [1.165, 1.54) is 12.2 Å². The molecule has 0 bridgehead atoms. The number of carbonyl (C=O) groups is 2. The summed E-state index contributed by atoms with van der Waals surface area (Å²) in [5, 5.41) is 34.3. The van der Waals surface area contributed by atoms with Crippen LogP contribution in [0.1, 0.15) is 45.1 Å². The highest BCUT2D eigenvalue weighted by molar-refractivity contribution is 5.94. The van der Waals surface area contributed by atoms with Gasteiger partial charge in [-0.3, -0.25) is 4.79 Å². The van der Waals surface area contributed by atoms with Crippen LogP contribution in [0.25, 0.3) is 0 Å². The summed E-state index contributed by atoms with van der Waals surface area (Å²) in [7, 11) is 0. The molecular formula is C29H37NO6. The van der Waals surface area contributed by atoms with Crippen molar-refractivity contribution in [3.05, 3.63) is 66.3 Å². The van der Waals surface area contributed by atoms with Crippen LogP contribution in [0.15, 0.2) is 60.7 Å². The predicted molar refractivity (Wildman–Crippen MR) is 136 cm³/mol. The number of allylic oxidation sites excluding steroid dienone is 1. The Labute approximate surface area is 212 Å². The number of aromatic hydroxyl groups is 1. The minimum atomic E-state index is -1.63. The number of hydrogen-bond acceptors (Lipinski definition) is 6. The van der Waals surface area contributed by atoms with Crippen molar-refractivity contribution in [2.75, 3.05) is 0 Å². The summed E-state index contributed by atoms with van der Waals surface area (Å²) in [6.45, 7) is 8.20. The molecule has 1 aromatic carbocycles. The Kier molecular flexibility index (Phi) is 7.71. The van der Waals surface area contributed by atoms with Crippen molar-refractivity contribution in [2.24, 2.45) is 23.7 Å². The van der Waals surface area contributed by atoms with Gasteiger partial charge in [0.1, 0.15) is 5.75 Å². The van der Waals surface area contributed by atoms with Crippen molar-refractivity contribution < 1.29 is 29.6 Å². The molecule has 1 amide bonds. The van der Waals surface area contributed by atoms with Gasteiger partial charge in [-0.2, -0.15) is 0 Å². The molecule has 1 spiro atoms. The molecular weight excluding hydrogens is 458 g/mol. The smallest absolute Gasteiger partial charge is 0.331 e. The minimum absolute atomic E-state index is 0.154. The molecule has 8 atom stereocenters. The summed E-state index contributed by atoms with van der Waals surface area (Å²) < 4.78 is 6.03. The zero-order valence-electron chi connectivity index (χ0n) is 21.0. The largest absolute Gasteiger partial charge is 0.508 e. The molecule has 7 heteroatoms. The van der Waals surface area contributed by atoms with Gasteiger partial charge >= 0.3 is 5.97 Å². The van der Waals surface area contributed by atoms with Crippen LogP contribution < -0.4 is 5.32 Å². The molecule has 2 fully saturated rings. The van der Waals surface area contributed by atoms with Gasteiger partial charge in [0.2, 0.25) is 5.60 Å². The average Bonchev–Trinajstić information content (AvgIpc) is 3.10. The Morgan fingerprint density at radius 3 is 2.56 bits per heavy atom. The summed E-state index contributed by atoms with van der Waals surface area (Å²) in [6, 6.07) is 6.41. The van der Waals surface area contributed by atoms with E-state index in [0.717, 1.165) is 24.8 Å². The van der Waals surface area contributed by atoms with E-state index < -0.39 is 41.5 Å². The first-order valence-corrected chi connectivity index (χ1v) is 12.8. The van der Waals surface area contributed by atoms with E-state index >= 15 is 0 Å². The van der Waals surface area contributed by atoms with Crippen LogP contribution in [0.4, 0.5) is 0 Å². The normalized spacial score (nSPS) is 39.2. The Morgan fingerprint density at radius 1 is 1.11 bits per heavy atom. The number of amides is 1. The molecule has 4 rings (SSSR count). The second-order valence-electron chi connectivity index (χ2n) is 10.7. The summed E-state index contributed by atoms with van der Waals surface area (Å²) in [5.74, 6) is -2.24. The number of nitrogens with one attached hydrogen (secondary N) is 1. The Morgan fingerprint density at radius 2 is 1.83 bits per heavy atom. The van der Waals surface area contributed by atoms with E-state index in [2.05, 4.69) is 18.8 Å². The van der Waals surface area contributed by atoms with Crippen molar-refractivity contribution in [1.82, 2.24) is 5.32 Å². The predicted octanol–water partition coefficient (Wildman–Crippen LogP) is 3.20. The van der Waals surface area contributed by atoms with Gasteiger partial charge in [0.25, 0.3) is 5.91 Å². The highest BCUT2D eigenvalue weighted by Crippen LogP contribution is 2.52. The SMILES string of the molecule is C=C1[C@@H](C)[C@H]2[C@H](Cc3ccc(O)cc3)NC(=O)[C@]23OC(=O)/C=C/[C@H](O)CCC[C@@H](C)C/C=C/[C@H]3[C@@H]1O. The Balaban J connectivity index is 1.77. The number of aliphatic hydroxyl groups excluding tert-OH is 2. The highest BCUT2D eigenvalue weighted by Gasteiger charge is 2.67. The van der Waals surface area contributed by atoms with Gasteiger partial charge in [-0.05, 0) is 60.4 Å². The summed E-state index contributed by atoms with van der Waals surface area (Å²) >= 11 is 0. The quantitative estimate of drug-likeness (QED) is 0.370. The number of hydrogen-bond donors (Lipinski definition) is 4. The first kappa shape index (κ1) is 26.2. The molecule has 4 N–H and O–H groups in total. The average molecular weight is 496 g/mol. The molecule has 7 nitrogen and oxygen atoms in total.